The van der Waals surface area contributed by atoms with E-state index in [1.807, 2.05) is 26.8 Å². The summed E-state index contributed by atoms with van der Waals surface area (Å²) in [7, 11) is 1.43. The fraction of sp³-hybridized carbons (Fsp3) is 0.632. The van der Waals surface area contributed by atoms with Gasteiger partial charge in [0.05, 0.1) is 12.0 Å². The van der Waals surface area contributed by atoms with Crippen LogP contribution in [-0.2, 0) is 4.74 Å². The summed E-state index contributed by atoms with van der Waals surface area (Å²) in [6.45, 7) is 8.67. The van der Waals surface area contributed by atoms with Crippen molar-refractivity contribution in [2.45, 2.75) is 39.2 Å². The number of carbonyl (C=O) groups is 1. The number of nitro groups is 1. The zero-order valence-electron chi connectivity index (χ0n) is 16.4. The number of benzene rings is 1. The quantitative estimate of drug-likeness (QED) is 0.592. The third-order valence-corrected chi connectivity index (χ3v) is 5.25. The van der Waals surface area contributed by atoms with Gasteiger partial charge in [0, 0.05) is 43.3 Å². The zero-order chi connectivity index (χ0) is 19.8. The summed E-state index contributed by atoms with van der Waals surface area (Å²) >= 11 is 0. The Bertz CT molecular complexity index is 727. The molecule has 0 unspecified atom stereocenters. The summed E-state index contributed by atoms with van der Waals surface area (Å²) in [6, 6.07) is 5.08. The highest BCUT2D eigenvalue weighted by Gasteiger charge is 2.47. The van der Waals surface area contributed by atoms with Crippen molar-refractivity contribution in [2.75, 3.05) is 38.2 Å². The average Bonchev–Trinajstić information content (AvgIpc) is 2.57. The van der Waals surface area contributed by atoms with Gasteiger partial charge in [0.2, 0.25) is 0 Å². The molecule has 1 amide bonds. The molecule has 2 aliphatic heterocycles. The number of amides is 1. The molecule has 2 fully saturated rings. The summed E-state index contributed by atoms with van der Waals surface area (Å²) in [4.78, 5) is 26.9. The van der Waals surface area contributed by atoms with Gasteiger partial charge in [-0.3, -0.25) is 10.1 Å². The van der Waals surface area contributed by atoms with E-state index >= 15 is 0 Å². The molecule has 1 aromatic carbocycles. The molecule has 2 aliphatic rings. The molecule has 0 atom stereocenters. The first kappa shape index (κ1) is 19.3. The topological polar surface area (TPSA) is 85.2 Å². The molecule has 2 heterocycles. The molecule has 0 radical (unpaired) electrons. The monoisotopic (exact) mass is 377 g/mol. The minimum atomic E-state index is -0.480. The van der Waals surface area contributed by atoms with Crippen molar-refractivity contribution in [2.24, 2.45) is 5.41 Å². The van der Waals surface area contributed by atoms with Crippen molar-refractivity contribution in [3.05, 3.63) is 28.3 Å². The van der Waals surface area contributed by atoms with Gasteiger partial charge >= 0.3 is 11.8 Å². The normalized spacial score (nSPS) is 18.8. The minimum absolute atomic E-state index is 0.0185. The SMILES string of the molecule is COc1ccc(N2CCC3(CC2)CN(C(=O)OC(C)(C)C)C3)cc1[N+](=O)[O-]. The first-order chi connectivity index (χ1) is 12.6. The minimum Gasteiger partial charge on any atom is -0.490 e. The maximum atomic E-state index is 12.1. The van der Waals surface area contributed by atoms with E-state index in [2.05, 4.69) is 4.90 Å². The van der Waals surface area contributed by atoms with Crippen molar-refractivity contribution < 1.29 is 19.2 Å². The Morgan fingerprint density at radius 1 is 1.22 bits per heavy atom. The maximum absolute atomic E-state index is 12.1. The van der Waals surface area contributed by atoms with Crippen LogP contribution in [0, 0.1) is 15.5 Å². The second-order valence-electron chi connectivity index (χ2n) is 8.44. The van der Waals surface area contributed by atoms with E-state index in [4.69, 9.17) is 9.47 Å². The van der Waals surface area contributed by atoms with Gasteiger partial charge in [0.1, 0.15) is 5.60 Å². The summed E-state index contributed by atoms with van der Waals surface area (Å²) in [6.07, 6.45) is 1.65. The highest BCUT2D eigenvalue weighted by atomic mass is 16.6. The first-order valence-corrected chi connectivity index (χ1v) is 9.18. The van der Waals surface area contributed by atoms with E-state index in [-0.39, 0.29) is 22.9 Å². The Morgan fingerprint density at radius 3 is 2.37 bits per heavy atom. The van der Waals surface area contributed by atoms with Crippen LogP contribution in [0.4, 0.5) is 16.2 Å². The van der Waals surface area contributed by atoms with E-state index in [0.29, 0.717) is 0 Å². The molecular formula is C19H27N3O5. The molecule has 0 aromatic heterocycles. The van der Waals surface area contributed by atoms with Crippen LogP contribution in [0.3, 0.4) is 0 Å². The lowest BCUT2D eigenvalue weighted by Crippen LogP contribution is -2.62. The molecule has 0 saturated carbocycles. The van der Waals surface area contributed by atoms with Crippen molar-refractivity contribution in [3.8, 4) is 5.75 Å². The lowest BCUT2D eigenvalue weighted by Gasteiger charge is -2.53. The predicted octanol–water partition coefficient (Wildman–Crippen LogP) is 3.44. The van der Waals surface area contributed by atoms with E-state index in [1.165, 1.54) is 7.11 Å². The fourth-order valence-corrected chi connectivity index (χ4v) is 3.79. The first-order valence-electron chi connectivity index (χ1n) is 9.18. The summed E-state index contributed by atoms with van der Waals surface area (Å²) in [5, 5.41) is 11.2. The van der Waals surface area contributed by atoms with Gasteiger partial charge in [-0.1, -0.05) is 0 Å². The number of anilines is 1. The Labute approximate surface area is 159 Å². The van der Waals surface area contributed by atoms with Crippen LogP contribution >= 0.6 is 0 Å². The van der Waals surface area contributed by atoms with Crippen LogP contribution in [-0.4, -0.2) is 54.8 Å². The number of hydrogen-bond donors (Lipinski definition) is 0. The van der Waals surface area contributed by atoms with Gasteiger partial charge in [-0.15, -0.1) is 0 Å². The number of carbonyl (C=O) groups excluding carboxylic acids is 1. The van der Waals surface area contributed by atoms with Gasteiger partial charge in [-0.2, -0.15) is 0 Å². The Morgan fingerprint density at radius 2 is 1.85 bits per heavy atom. The number of nitro benzene ring substituents is 1. The predicted molar refractivity (Wildman–Crippen MR) is 101 cm³/mol. The van der Waals surface area contributed by atoms with Crippen LogP contribution < -0.4 is 9.64 Å². The Balaban J connectivity index is 1.58. The molecule has 0 N–H and O–H groups in total. The molecule has 27 heavy (non-hydrogen) atoms. The lowest BCUT2D eigenvalue weighted by atomic mass is 9.72. The number of likely N-dealkylation sites (tertiary alicyclic amines) is 1. The molecule has 2 saturated heterocycles. The molecule has 8 nitrogen and oxygen atoms in total. The second kappa shape index (κ2) is 6.90. The second-order valence-corrected chi connectivity index (χ2v) is 8.44. The van der Waals surface area contributed by atoms with Crippen LogP contribution in [0.1, 0.15) is 33.6 Å². The number of ether oxygens (including phenoxy) is 2. The number of piperidine rings is 1. The number of rotatable bonds is 3. The molecule has 8 heteroatoms. The molecule has 1 spiro atoms. The van der Waals surface area contributed by atoms with Gasteiger partial charge in [-0.25, -0.2) is 4.79 Å². The van der Waals surface area contributed by atoms with Crippen LogP contribution in [0.5, 0.6) is 5.75 Å². The fourth-order valence-electron chi connectivity index (χ4n) is 3.79. The number of hydrogen-bond acceptors (Lipinski definition) is 6. The van der Waals surface area contributed by atoms with E-state index in [9.17, 15) is 14.9 Å². The third-order valence-electron chi connectivity index (χ3n) is 5.25. The molecule has 3 rings (SSSR count). The molecule has 1 aromatic rings. The van der Waals surface area contributed by atoms with E-state index < -0.39 is 10.5 Å². The maximum Gasteiger partial charge on any atom is 0.410 e. The van der Waals surface area contributed by atoms with Gasteiger partial charge in [0.25, 0.3) is 0 Å². The third kappa shape index (κ3) is 4.09. The summed E-state index contributed by atoms with van der Waals surface area (Å²) in [5.41, 5.74) is 0.480. The van der Waals surface area contributed by atoms with Gasteiger partial charge < -0.3 is 19.3 Å². The zero-order valence-corrected chi connectivity index (χ0v) is 16.4. The highest BCUT2D eigenvalue weighted by molar-refractivity contribution is 5.69. The molecule has 0 bridgehead atoms. The van der Waals surface area contributed by atoms with Crippen molar-refractivity contribution in [1.82, 2.24) is 4.90 Å². The lowest BCUT2D eigenvalue weighted by molar-refractivity contribution is -0.385. The van der Waals surface area contributed by atoms with Crippen LogP contribution in [0.2, 0.25) is 0 Å². The molecule has 0 aliphatic carbocycles. The standard InChI is InChI=1S/C19H27N3O5/c1-18(2,3)27-17(23)21-12-19(13-21)7-9-20(10-8-19)14-5-6-16(26-4)15(11-14)22(24)25/h5-6,11H,7-10,12-13H2,1-4H3. The smallest absolute Gasteiger partial charge is 0.410 e. The van der Waals surface area contributed by atoms with Crippen molar-refractivity contribution >= 4 is 17.5 Å². The highest BCUT2D eigenvalue weighted by Crippen LogP contribution is 2.42. The molecule has 148 valence electrons. The number of methoxy groups -OCH3 is 1. The molecular weight excluding hydrogens is 350 g/mol. The number of nitrogens with zero attached hydrogens (tertiary/aromatic N) is 3. The average molecular weight is 377 g/mol. The summed E-state index contributed by atoms with van der Waals surface area (Å²) < 4.78 is 10.5. The summed E-state index contributed by atoms with van der Waals surface area (Å²) in [5.74, 6) is 0.268. The Kier molecular flexibility index (Phi) is 4.92. The van der Waals surface area contributed by atoms with Crippen LogP contribution in [0.25, 0.3) is 0 Å². The Hall–Kier alpha value is -2.51. The van der Waals surface area contributed by atoms with Gasteiger partial charge in [-0.05, 0) is 45.7 Å². The van der Waals surface area contributed by atoms with Crippen molar-refractivity contribution in [3.63, 3.8) is 0 Å². The van der Waals surface area contributed by atoms with Gasteiger partial charge in [0.15, 0.2) is 5.75 Å². The van der Waals surface area contributed by atoms with E-state index in [1.54, 1.807) is 17.0 Å². The van der Waals surface area contributed by atoms with Crippen molar-refractivity contribution in [1.29, 1.82) is 0 Å². The van der Waals surface area contributed by atoms with Crippen LogP contribution in [0.15, 0.2) is 18.2 Å². The van der Waals surface area contributed by atoms with E-state index in [0.717, 1.165) is 44.7 Å². The largest absolute Gasteiger partial charge is 0.490 e.